The SMILES string of the molecule is C.Cc1cc(C(=O)N2CCC(N)C2)ccc1CCS(=O)(=O)N1CCC2(CC1)N=C(c1cccc(C(F)(F)F)c1)NC2=O. The van der Waals surface area contributed by atoms with Gasteiger partial charge in [0.25, 0.3) is 11.8 Å². The second-order valence-electron chi connectivity index (χ2n) is 10.9. The third kappa shape index (κ3) is 6.37. The zero-order valence-corrected chi connectivity index (χ0v) is 23.4. The topological polar surface area (TPSA) is 125 Å². The molecule has 9 nitrogen and oxygen atoms in total. The number of carbonyl (C=O) groups is 2. The molecule has 2 amide bonds. The number of aryl methyl sites for hydroxylation is 2. The van der Waals surface area contributed by atoms with E-state index in [1.165, 1.54) is 16.4 Å². The van der Waals surface area contributed by atoms with Gasteiger partial charge in [0, 0.05) is 43.3 Å². The van der Waals surface area contributed by atoms with E-state index in [9.17, 15) is 31.2 Å². The smallest absolute Gasteiger partial charge is 0.337 e. The molecular formula is C29H36F3N5O4S. The minimum absolute atomic E-state index is 0. The normalized spacial score (nSPS) is 20.8. The standard InChI is InChI=1S/C28H32F3N5O4S.CH4/c1-18-15-21(25(37)35-11-7-23(32)17-35)6-5-19(18)8-14-41(39,40)36-12-9-27(10-13-36)26(38)33-24(34-27)20-3-2-4-22(16-20)28(29,30)31;/h2-6,15-16,23H,7-14,17,32H2,1H3,(H,33,34,38);1H4. The number of alkyl halides is 3. The first kappa shape index (κ1) is 31.6. The molecular weight excluding hydrogens is 571 g/mol. The summed E-state index contributed by atoms with van der Waals surface area (Å²) in [6.45, 7) is 3.13. The maximum Gasteiger partial charge on any atom is 0.416 e. The van der Waals surface area contributed by atoms with Crippen LogP contribution in [-0.4, -0.2) is 78.8 Å². The minimum Gasteiger partial charge on any atom is -0.337 e. The summed E-state index contributed by atoms with van der Waals surface area (Å²) in [4.78, 5) is 31.8. The Morgan fingerprint density at radius 1 is 1.14 bits per heavy atom. The number of piperidine rings is 1. The fraction of sp³-hybridized carbons (Fsp3) is 0.483. The highest BCUT2D eigenvalue weighted by Gasteiger charge is 2.47. The zero-order valence-electron chi connectivity index (χ0n) is 22.6. The summed E-state index contributed by atoms with van der Waals surface area (Å²) in [6.07, 6.45) is -3.26. The molecule has 228 valence electrons. The van der Waals surface area contributed by atoms with Crippen LogP contribution in [0, 0.1) is 6.92 Å². The van der Waals surface area contributed by atoms with E-state index in [-0.39, 0.29) is 68.9 Å². The van der Waals surface area contributed by atoms with E-state index in [1.54, 1.807) is 23.1 Å². The summed E-state index contributed by atoms with van der Waals surface area (Å²) in [5, 5.41) is 2.59. The van der Waals surface area contributed by atoms with E-state index >= 15 is 0 Å². The Morgan fingerprint density at radius 2 is 1.86 bits per heavy atom. The van der Waals surface area contributed by atoms with Gasteiger partial charge in [0.05, 0.1) is 11.3 Å². The van der Waals surface area contributed by atoms with Gasteiger partial charge in [0.2, 0.25) is 10.0 Å². The van der Waals surface area contributed by atoms with Gasteiger partial charge in [-0.25, -0.2) is 12.7 Å². The van der Waals surface area contributed by atoms with Gasteiger partial charge >= 0.3 is 6.18 Å². The lowest BCUT2D eigenvalue weighted by Gasteiger charge is -2.34. The lowest BCUT2D eigenvalue weighted by molar-refractivity contribution is -0.137. The van der Waals surface area contributed by atoms with Gasteiger partial charge in [-0.2, -0.15) is 13.2 Å². The van der Waals surface area contributed by atoms with Gasteiger partial charge in [-0.3, -0.25) is 14.6 Å². The molecule has 2 aromatic rings. The van der Waals surface area contributed by atoms with Crippen LogP contribution in [0.3, 0.4) is 0 Å². The second-order valence-corrected chi connectivity index (χ2v) is 13.0. The maximum atomic E-state index is 13.2. The van der Waals surface area contributed by atoms with E-state index in [0.717, 1.165) is 29.7 Å². The van der Waals surface area contributed by atoms with Gasteiger partial charge < -0.3 is 16.0 Å². The molecule has 0 aromatic heterocycles. The predicted molar refractivity (Wildman–Crippen MR) is 154 cm³/mol. The number of nitrogens with zero attached hydrogens (tertiary/aromatic N) is 3. The molecule has 3 aliphatic rings. The number of sulfonamides is 1. The third-order valence-corrected chi connectivity index (χ3v) is 9.99. The first-order chi connectivity index (χ1) is 19.3. The van der Waals surface area contributed by atoms with Crippen molar-refractivity contribution in [3.63, 3.8) is 0 Å². The fourth-order valence-corrected chi connectivity index (χ4v) is 7.08. The molecule has 1 spiro atoms. The van der Waals surface area contributed by atoms with E-state index < -0.39 is 33.2 Å². The molecule has 2 saturated heterocycles. The number of hydrogen-bond acceptors (Lipinski definition) is 6. The van der Waals surface area contributed by atoms with Gasteiger partial charge in [-0.15, -0.1) is 0 Å². The molecule has 0 radical (unpaired) electrons. The van der Waals surface area contributed by atoms with Crippen LogP contribution < -0.4 is 11.1 Å². The maximum absolute atomic E-state index is 13.2. The first-order valence-electron chi connectivity index (χ1n) is 13.5. The Labute approximate surface area is 244 Å². The number of rotatable bonds is 6. The number of hydrogen-bond donors (Lipinski definition) is 2. The van der Waals surface area contributed by atoms with Crippen molar-refractivity contribution in [2.75, 3.05) is 31.9 Å². The van der Waals surface area contributed by atoms with Crippen LogP contribution >= 0.6 is 0 Å². The number of likely N-dealkylation sites (tertiary alicyclic amines) is 1. The highest BCUT2D eigenvalue weighted by atomic mass is 32.2. The molecule has 13 heteroatoms. The van der Waals surface area contributed by atoms with Gasteiger partial charge in [0.1, 0.15) is 11.4 Å². The number of halogens is 3. The van der Waals surface area contributed by atoms with Crippen molar-refractivity contribution in [3.8, 4) is 0 Å². The Morgan fingerprint density at radius 3 is 2.48 bits per heavy atom. The summed E-state index contributed by atoms with van der Waals surface area (Å²) in [6, 6.07) is 9.84. The fourth-order valence-electron chi connectivity index (χ4n) is 5.60. The molecule has 0 aliphatic carbocycles. The highest BCUT2D eigenvalue weighted by molar-refractivity contribution is 7.89. The van der Waals surface area contributed by atoms with Crippen molar-refractivity contribution >= 4 is 27.7 Å². The number of aliphatic imine (C=N–C) groups is 1. The highest BCUT2D eigenvalue weighted by Crippen LogP contribution is 2.34. The average Bonchev–Trinajstić information content (AvgIpc) is 3.50. The van der Waals surface area contributed by atoms with Crippen molar-refractivity contribution in [1.82, 2.24) is 14.5 Å². The molecule has 1 unspecified atom stereocenters. The zero-order chi connectivity index (χ0) is 29.6. The van der Waals surface area contributed by atoms with Crippen LogP contribution in [0.1, 0.15) is 59.3 Å². The molecule has 0 saturated carbocycles. The number of nitrogens with two attached hydrogens (primary N) is 1. The van der Waals surface area contributed by atoms with E-state index in [4.69, 9.17) is 5.73 Å². The molecule has 5 rings (SSSR count). The number of benzene rings is 2. The largest absolute Gasteiger partial charge is 0.416 e. The van der Waals surface area contributed by atoms with Crippen LogP contribution in [-0.2, 0) is 27.4 Å². The summed E-state index contributed by atoms with van der Waals surface area (Å²) < 4.78 is 67.1. The molecule has 42 heavy (non-hydrogen) atoms. The molecule has 2 aromatic carbocycles. The number of carbonyl (C=O) groups excluding carboxylic acids is 2. The summed E-state index contributed by atoms with van der Waals surface area (Å²) >= 11 is 0. The molecule has 3 heterocycles. The number of amides is 2. The average molecular weight is 608 g/mol. The molecule has 3 aliphatic heterocycles. The van der Waals surface area contributed by atoms with E-state index in [1.807, 2.05) is 6.92 Å². The van der Waals surface area contributed by atoms with Crippen LogP contribution in [0.15, 0.2) is 47.5 Å². The number of amidine groups is 1. The van der Waals surface area contributed by atoms with Crippen molar-refractivity contribution in [3.05, 3.63) is 70.3 Å². The molecule has 0 bridgehead atoms. The third-order valence-electron chi connectivity index (χ3n) is 8.12. The summed E-state index contributed by atoms with van der Waals surface area (Å²) in [7, 11) is -3.66. The molecule has 3 N–H and O–H groups in total. The predicted octanol–water partition coefficient (Wildman–Crippen LogP) is 3.11. The van der Waals surface area contributed by atoms with Crippen molar-refractivity contribution in [2.45, 2.75) is 57.8 Å². The minimum atomic E-state index is -4.53. The van der Waals surface area contributed by atoms with Crippen LogP contribution in [0.5, 0.6) is 0 Å². The Kier molecular flexibility index (Phi) is 8.87. The van der Waals surface area contributed by atoms with Crippen molar-refractivity contribution in [1.29, 1.82) is 0 Å². The Hall–Kier alpha value is -3.29. The second kappa shape index (κ2) is 11.8. The van der Waals surface area contributed by atoms with Gasteiger partial charge in [-0.05, 0) is 68.0 Å². The Bertz CT molecular complexity index is 1500. The quantitative estimate of drug-likeness (QED) is 0.522. The summed E-state index contributed by atoms with van der Waals surface area (Å²) in [5.41, 5.74) is 6.19. The molecule has 2 fully saturated rings. The van der Waals surface area contributed by atoms with Crippen molar-refractivity contribution < 1.29 is 31.2 Å². The Balaban J connectivity index is 0.00000405. The van der Waals surface area contributed by atoms with Gasteiger partial charge in [-0.1, -0.05) is 25.6 Å². The van der Waals surface area contributed by atoms with Crippen LogP contribution in [0.4, 0.5) is 13.2 Å². The first-order valence-corrected chi connectivity index (χ1v) is 15.1. The number of nitrogens with one attached hydrogen (secondary N) is 1. The monoisotopic (exact) mass is 607 g/mol. The summed E-state index contributed by atoms with van der Waals surface area (Å²) in [5.74, 6) is -0.608. The van der Waals surface area contributed by atoms with E-state index in [0.29, 0.717) is 18.7 Å². The van der Waals surface area contributed by atoms with Crippen molar-refractivity contribution in [2.24, 2.45) is 10.7 Å². The molecule has 1 atom stereocenters. The lowest BCUT2D eigenvalue weighted by atomic mass is 9.89. The van der Waals surface area contributed by atoms with Crippen LogP contribution in [0.25, 0.3) is 0 Å². The lowest BCUT2D eigenvalue weighted by Crippen LogP contribution is -2.50. The van der Waals surface area contributed by atoms with Crippen LogP contribution in [0.2, 0.25) is 0 Å². The van der Waals surface area contributed by atoms with Gasteiger partial charge in [0.15, 0.2) is 0 Å². The van der Waals surface area contributed by atoms with E-state index in [2.05, 4.69) is 10.3 Å².